The van der Waals surface area contributed by atoms with Gasteiger partial charge in [0.05, 0.1) is 18.3 Å². The number of imide groups is 1. The molecule has 0 bridgehead atoms. The number of fused-ring (bicyclic) bond motifs is 2. The summed E-state index contributed by atoms with van der Waals surface area (Å²) >= 11 is 0. The lowest BCUT2D eigenvalue weighted by atomic mass is 9.85. The lowest BCUT2D eigenvalue weighted by molar-refractivity contribution is -0.141. The van der Waals surface area contributed by atoms with E-state index in [1.165, 1.54) is 4.90 Å². The van der Waals surface area contributed by atoms with Crippen molar-refractivity contribution in [3.63, 3.8) is 0 Å². The van der Waals surface area contributed by atoms with Gasteiger partial charge >= 0.3 is 5.97 Å². The second-order valence-corrected chi connectivity index (χ2v) is 6.72. The van der Waals surface area contributed by atoms with E-state index >= 15 is 0 Å². The smallest absolute Gasteiger partial charge is 0.312 e. The largest absolute Gasteiger partial charge is 0.426 e. The number of carbonyl (C=O) groups is 3. The van der Waals surface area contributed by atoms with E-state index in [-0.39, 0.29) is 36.6 Å². The number of hydrogen-bond acceptors (Lipinski definition) is 4. The molecular formula is C21H19NO4. The molecule has 1 aliphatic heterocycles. The van der Waals surface area contributed by atoms with Gasteiger partial charge in [-0.15, -0.1) is 0 Å². The average Bonchev–Trinajstić information content (AvgIpc) is 2.91. The SMILES string of the molecule is O=C(CCN1C(=O)[C@H]2CC=CC[C@H]2C1=O)Oc1ccc2ccccc2c1. The van der Waals surface area contributed by atoms with Gasteiger partial charge in [-0.05, 0) is 35.7 Å². The molecule has 1 heterocycles. The Morgan fingerprint density at radius 1 is 0.962 bits per heavy atom. The standard InChI is InChI=1S/C21H19NO4/c23-19(26-16-10-9-14-5-1-2-6-15(14)13-16)11-12-22-20(24)17-7-3-4-8-18(17)21(22)25/h1-6,9-10,13,17-18H,7-8,11-12H2/t17-,18+. The summed E-state index contributed by atoms with van der Waals surface area (Å²) in [4.78, 5) is 38.1. The maximum absolute atomic E-state index is 12.4. The summed E-state index contributed by atoms with van der Waals surface area (Å²) in [6, 6.07) is 13.2. The van der Waals surface area contributed by atoms with Gasteiger partial charge in [0.2, 0.25) is 11.8 Å². The van der Waals surface area contributed by atoms with Crippen LogP contribution in [0.1, 0.15) is 19.3 Å². The molecule has 2 aromatic carbocycles. The summed E-state index contributed by atoms with van der Waals surface area (Å²) in [6.45, 7) is 0.0804. The molecule has 2 aliphatic rings. The Morgan fingerprint density at radius 2 is 1.62 bits per heavy atom. The van der Waals surface area contributed by atoms with Crippen LogP contribution >= 0.6 is 0 Å². The van der Waals surface area contributed by atoms with Crippen LogP contribution in [0.5, 0.6) is 5.75 Å². The normalized spacial score (nSPS) is 21.9. The van der Waals surface area contributed by atoms with Crippen molar-refractivity contribution in [2.45, 2.75) is 19.3 Å². The fraction of sp³-hybridized carbons (Fsp3) is 0.286. The van der Waals surface area contributed by atoms with Crippen LogP contribution in [0, 0.1) is 11.8 Å². The van der Waals surface area contributed by atoms with Crippen LogP contribution < -0.4 is 4.74 Å². The van der Waals surface area contributed by atoms with Gasteiger partial charge in [-0.1, -0.05) is 42.5 Å². The minimum absolute atomic E-state index is 0.00280. The summed E-state index contributed by atoms with van der Waals surface area (Å²) in [7, 11) is 0. The molecule has 2 amide bonds. The lowest BCUT2D eigenvalue weighted by Crippen LogP contribution is -2.33. The van der Waals surface area contributed by atoms with Crippen LogP contribution in [0.25, 0.3) is 10.8 Å². The van der Waals surface area contributed by atoms with Crippen LogP contribution in [0.4, 0.5) is 0 Å². The zero-order chi connectivity index (χ0) is 18.1. The maximum atomic E-state index is 12.4. The van der Waals surface area contributed by atoms with Gasteiger partial charge in [0, 0.05) is 6.54 Å². The summed E-state index contributed by atoms with van der Waals surface area (Å²) in [5.41, 5.74) is 0. The second-order valence-electron chi connectivity index (χ2n) is 6.72. The number of rotatable bonds is 4. The first-order chi connectivity index (χ1) is 12.6. The number of allylic oxidation sites excluding steroid dienone is 2. The predicted molar refractivity (Wildman–Crippen MR) is 96.3 cm³/mol. The highest BCUT2D eigenvalue weighted by Crippen LogP contribution is 2.35. The fourth-order valence-electron chi connectivity index (χ4n) is 3.71. The molecule has 5 heteroatoms. The molecular weight excluding hydrogens is 330 g/mol. The first kappa shape index (κ1) is 16.5. The molecule has 2 atom stereocenters. The van der Waals surface area contributed by atoms with Crippen molar-refractivity contribution in [1.82, 2.24) is 4.90 Å². The van der Waals surface area contributed by atoms with Crippen LogP contribution in [0.15, 0.2) is 54.6 Å². The Labute approximate surface area is 151 Å². The summed E-state index contributed by atoms with van der Waals surface area (Å²) in [5.74, 6) is -0.835. The number of hydrogen-bond donors (Lipinski definition) is 0. The minimum atomic E-state index is -0.450. The highest BCUT2D eigenvalue weighted by molar-refractivity contribution is 6.05. The molecule has 0 saturated carbocycles. The third kappa shape index (κ3) is 3.01. The van der Waals surface area contributed by atoms with E-state index in [0.29, 0.717) is 18.6 Å². The fourth-order valence-corrected chi connectivity index (χ4v) is 3.71. The van der Waals surface area contributed by atoms with E-state index in [1.54, 1.807) is 12.1 Å². The predicted octanol–water partition coefficient (Wildman–Crippen LogP) is 3.09. The lowest BCUT2D eigenvalue weighted by Gasteiger charge is -2.14. The Kier molecular flexibility index (Phi) is 4.29. The van der Waals surface area contributed by atoms with Crippen molar-refractivity contribution in [1.29, 1.82) is 0 Å². The molecule has 0 spiro atoms. The molecule has 0 unspecified atom stereocenters. The van der Waals surface area contributed by atoms with Crippen molar-refractivity contribution in [2.75, 3.05) is 6.54 Å². The third-order valence-corrected chi connectivity index (χ3v) is 5.09. The molecule has 132 valence electrons. The van der Waals surface area contributed by atoms with Gasteiger partial charge in [0.1, 0.15) is 5.75 Å². The number of carbonyl (C=O) groups excluding carboxylic acids is 3. The number of esters is 1. The molecule has 2 aromatic rings. The van der Waals surface area contributed by atoms with Gasteiger partial charge in [-0.2, -0.15) is 0 Å². The molecule has 26 heavy (non-hydrogen) atoms. The van der Waals surface area contributed by atoms with Gasteiger partial charge in [-0.3, -0.25) is 19.3 Å². The molecule has 5 nitrogen and oxygen atoms in total. The molecule has 1 aliphatic carbocycles. The highest BCUT2D eigenvalue weighted by Gasteiger charge is 2.46. The Balaban J connectivity index is 1.37. The van der Waals surface area contributed by atoms with E-state index in [0.717, 1.165) is 10.8 Å². The summed E-state index contributed by atoms with van der Waals surface area (Å²) in [5, 5.41) is 2.05. The highest BCUT2D eigenvalue weighted by atomic mass is 16.5. The monoisotopic (exact) mass is 349 g/mol. The molecule has 1 fully saturated rings. The molecule has 1 saturated heterocycles. The van der Waals surface area contributed by atoms with E-state index < -0.39 is 5.97 Å². The summed E-state index contributed by atoms with van der Waals surface area (Å²) < 4.78 is 5.37. The van der Waals surface area contributed by atoms with Crippen LogP contribution in [-0.4, -0.2) is 29.2 Å². The van der Waals surface area contributed by atoms with Gasteiger partial charge in [0.15, 0.2) is 0 Å². The number of ether oxygens (including phenoxy) is 1. The van der Waals surface area contributed by atoms with Gasteiger partial charge in [-0.25, -0.2) is 0 Å². The van der Waals surface area contributed by atoms with Crippen LogP contribution in [-0.2, 0) is 14.4 Å². The van der Waals surface area contributed by atoms with E-state index in [1.807, 2.05) is 42.5 Å². The van der Waals surface area contributed by atoms with Crippen molar-refractivity contribution >= 4 is 28.6 Å². The average molecular weight is 349 g/mol. The van der Waals surface area contributed by atoms with Crippen molar-refractivity contribution in [3.05, 3.63) is 54.6 Å². The summed E-state index contributed by atoms with van der Waals surface area (Å²) in [6.07, 6.45) is 5.10. The van der Waals surface area contributed by atoms with Crippen LogP contribution in [0.2, 0.25) is 0 Å². The van der Waals surface area contributed by atoms with Gasteiger partial charge < -0.3 is 4.74 Å². The minimum Gasteiger partial charge on any atom is -0.426 e. The number of likely N-dealkylation sites (tertiary alicyclic amines) is 1. The number of benzene rings is 2. The van der Waals surface area contributed by atoms with E-state index in [4.69, 9.17) is 4.74 Å². The molecule has 0 aromatic heterocycles. The number of amides is 2. The Hall–Kier alpha value is -2.95. The van der Waals surface area contributed by atoms with Crippen molar-refractivity contribution in [2.24, 2.45) is 11.8 Å². The molecule has 0 radical (unpaired) electrons. The first-order valence-corrected chi connectivity index (χ1v) is 8.83. The maximum Gasteiger partial charge on any atom is 0.312 e. The topological polar surface area (TPSA) is 63.7 Å². The zero-order valence-corrected chi connectivity index (χ0v) is 14.3. The van der Waals surface area contributed by atoms with Crippen molar-refractivity contribution in [3.8, 4) is 5.75 Å². The van der Waals surface area contributed by atoms with Crippen LogP contribution in [0.3, 0.4) is 0 Å². The van der Waals surface area contributed by atoms with E-state index in [2.05, 4.69) is 0 Å². The molecule has 4 rings (SSSR count). The Bertz CT molecular complexity index is 891. The quantitative estimate of drug-likeness (QED) is 0.368. The molecule has 0 N–H and O–H groups in total. The van der Waals surface area contributed by atoms with E-state index in [9.17, 15) is 14.4 Å². The van der Waals surface area contributed by atoms with Crippen molar-refractivity contribution < 1.29 is 19.1 Å². The first-order valence-electron chi connectivity index (χ1n) is 8.83. The Morgan fingerprint density at radius 3 is 2.31 bits per heavy atom. The zero-order valence-electron chi connectivity index (χ0n) is 14.3. The number of nitrogens with zero attached hydrogens (tertiary/aromatic N) is 1. The second kappa shape index (κ2) is 6.75. The van der Waals surface area contributed by atoms with Gasteiger partial charge in [0.25, 0.3) is 0 Å². The third-order valence-electron chi connectivity index (χ3n) is 5.09.